The number of aryl methyl sites for hydroxylation is 1. The van der Waals surface area contributed by atoms with Crippen molar-refractivity contribution in [3.63, 3.8) is 0 Å². The van der Waals surface area contributed by atoms with Crippen molar-refractivity contribution in [2.24, 2.45) is 0 Å². The molecule has 1 atom stereocenters. The van der Waals surface area contributed by atoms with Crippen molar-refractivity contribution >= 4 is 43.5 Å². The van der Waals surface area contributed by atoms with Crippen LogP contribution in [-0.2, 0) is 32.6 Å². The fourth-order valence-corrected chi connectivity index (χ4v) is 6.86. The van der Waals surface area contributed by atoms with Gasteiger partial charge in [0.1, 0.15) is 12.6 Å². The molecule has 0 heterocycles. The third kappa shape index (κ3) is 8.57. The molecular formula is C35H38BrN3O4S. The number of nitrogens with zero attached hydrogens (tertiary/aromatic N) is 2. The molecule has 0 aliphatic heterocycles. The first-order valence-electron chi connectivity index (χ1n) is 14.4. The number of hydrogen-bond donors (Lipinski definition) is 1. The minimum Gasteiger partial charge on any atom is -0.350 e. The number of benzene rings is 4. The Kier molecular flexibility index (Phi) is 10.7. The monoisotopic (exact) mass is 675 g/mol. The molecule has 0 unspecified atom stereocenters. The molecule has 44 heavy (non-hydrogen) atoms. The average Bonchev–Trinajstić information content (AvgIpc) is 2.98. The number of anilines is 1. The van der Waals surface area contributed by atoms with Gasteiger partial charge < -0.3 is 10.2 Å². The fourth-order valence-electron chi connectivity index (χ4n) is 4.92. The zero-order chi connectivity index (χ0) is 31.9. The quantitative estimate of drug-likeness (QED) is 0.196. The molecule has 7 nitrogen and oxygen atoms in total. The fraction of sp³-hybridized carbons (Fsp3) is 0.257. The molecule has 4 rings (SSSR count). The van der Waals surface area contributed by atoms with Gasteiger partial charge in [-0.25, -0.2) is 8.42 Å². The van der Waals surface area contributed by atoms with Gasteiger partial charge in [0.25, 0.3) is 10.0 Å². The summed E-state index contributed by atoms with van der Waals surface area (Å²) < 4.78 is 30.2. The van der Waals surface area contributed by atoms with Crippen LogP contribution in [0.2, 0.25) is 0 Å². The van der Waals surface area contributed by atoms with Gasteiger partial charge in [-0.1, -0.05) is 94.8 Å². The van der Waals surface area contributed by atoms with E-state index in [0.717, 1.165) is 19.9 Å². The Labute approximate surface area is 269 Å². The van der Waals surface area contributed by atoms with E-state index in [1.807, 2.05) is 94.4 Å². The highest BCUT2D eigenvalue weighted by atomic mass is 79.9. The largest absolute Gasteiger partial charge is 0.350 e. The van der Waals surface area contributed by atoms with Gasteiger partial charge in [-0.15, -0.1) is 0 Å². The minimum absolute atomic E-state index is 0.0703. The van der Waals surface area contributed by atoms with E-state index in [0.29, 0.717) is 11.3 Å². The summed E-state index contributed by atoms with van der Waals surface area (Å²) in [6.45, 7) is 7.07. The lowest BCUT2D eigenvalue weighted by Crippen LogP contribution is -2.56. The van der Waals surface area contributed by atoms with E-state index in [2.05, 4.69) is 21.2 Å². The van der Waals surface area contributed by atoms with Crippen molar-refractivity contribution in [3.05, 3.63) is 130 Å². The summed E-state index contributed by atoms with van der Waals surface area (Å²) >= 11 is 3.51. The average molecular weight is 677 g/mol. The number of carbonyl (C=O) groups excluding carboxylic acids is 2. The molecule has 0 aromatic heterocycles. The number of para-hydroxylation sites is 1. The maximum atomic E-state index is 14.5. The van der Waals surface area contributed by atoms with Crippen molar-refractivity contribution in [1.82, 2.24) is 10.2 Å². The van der Waals surface area contributed by atoms with Crippen LogP contribution in [0.1, 0.15) is 37.5 Å². The normalized spacial score (nSPS) is 12.3. The van der Waals surface area contributed by atoms with Crippen molar-refractivity contribution in [1.29, 1.82) is 0 Å². The first kappa shape index (κ1) is 33.0. The number of amides is 2. The molecule has 230 valence electrons. The Morgan fingerprint density at radius 1 is 0.818 bits per heavy atom. The van der Waals surface area contributed by atoms with Crippen molar-refractivity contribution in [2.75, 3.05) is 10.8 Å². The standard InChI is InChI=1S/C35H38BrN3O4S/c1-26-14-11-12-21-31(26)39(44(42,43)30-19-9-6-10-20-30)25-33(40)38(24-28-17-13-18-29(36)22-28)32(34(41)37-35(2,3)4)23-27-15-7-5-8-16-27/h5-22,32H,23-25H2,1-4H3,(H,37,41)/t32-/m0/s1. The van der Waals surface area contributed by atoms with Crippen LogP contribution < -0.4 is 9.62 Å². The number of nitrogens with one attached hydrogen (secondary N) is 1. The summed E-state index contributed by atoms with van der Waals surface area (Å²) in [5, 5.41) is 3.05. The lowest BCUT2D eigenvalue weighted by molar-refractivity contribution is -0.140. The molecule has 0 bridgehead atoms. The zero-order valence-electron chi connectivity index (χ0n) is 25.4. The number of carbonyl (C=O) groups is 2. The van der Waals surface area contributed by atoms with E-state index >= 15 is 0 Å². The summed E-state index contributed by atoms with van der Waals surface area (Å²) in [5.74, 6) is -0.823. The predicted molar refractivity (Wildman–Crippen MR) is 179 cm³/mol. The molecule has 0 aliphatic carbocycles. The highest BCUT2D eigenvalue weighted by molar-refractivity contribution is 9.10. The Morgan fingerprint density at radius 2 is 1.41 bits per heavy atom. The highest BCUT2D eigenvalue weighted by Crippen LogP contribution is 2.28. The van der Waals surface area contributed by atoms with Gasteiger partial charge >= 0.3 is 0 Å². The molecule has 0 radical (unpaired) electrons. The maximum Gasteiger partial charge on any atom is 0.264 e. The van der Waals surface area contributed by atoms with E-state index in [1.54, 1.807) is 30.3 Å². The molecule has 0 aliphatic rings. The van der Waals surface area contributed by atoms with E-state index in [4.69, 9.17) is 0 Å². The Hall–Kier alpha value is -3.95. The van der Waals surface area contributed by atoms with Crippen LogP contribution in [0.4, 0.5) is 5.69 Å². The van der Waals surface area contributed by atoms with Crippen LogP contribution in [0, 0.1) is 6.92 Å². The topological polar surface area (TPSA) is 86.8 Å². The third-order valence-corrected chi connectivity index (χ3v) is 9.27. The molecule has 9 heteroatoms. The Morgan fingerprint density at radius 3 is 2.02 bits per heavy atom. The second kappa shape index (κ2) is 14.2. The van der Waals surface area contributed by atoms with Crippen molar-refractivity contribution in [2.45, 2.75) is 57.1 Å². The first-order valence-corrected chi connectivity index (χ1v) is 16.6. The van der Waals surface area contributed by atoms with Gasteiger partial charge in [-0.2, -0.15) is 0 Å². The second-order valence-electron chi connectivity index (χ2n) is 11.7. The second-order valence-corrected chi connectivity index (χ2v) is 14.5. The Balaban J connectivity index is 1.82. The van der Waals surface area contributed by atoms with Gasteiger partial charge in [0.05, 0.1) is 10.6 Å². The Bertz CT molecular complexity index is 1690. The molecule has 0 fully saturated rings. The van der Waals surface area contributed by atoms with Gasteiger partial charge in [0.2, 0.25) is 11.8 Å². The molecule has 4 aromatic carbocycles. The van der Waals surface area contributed by atoms with Gasteiger partial charge in [0, 0.05) is 23.0 Å². The van der Waals surface area contributed by atoms with Gasteiger partial charge in [-0.3, -0.25) is 13.9 Å². The number of sulfonamides is 1. The van der Waals surface area contributed by atoms with E-state index in [9.17, 15) is 18.0 Å². The van der Waals surface area contributed by atoms with Gasteiger partial charge in [-0.05, 0) is 74.7 Å². The molecule has 0 saturated carbocycles. The molecule has 1 N–H and O–H groups in total. The first-order chi connectivity index (χ1) is 20.8. The number of halogens is 1. The number of rotatable bonds is 11. The van der Waals surface area contributed by atoms with Crippen LogP contribution in [0.25, 0.3) is 0 Å². The molecule has 4 aromatic rings. The van der Waals surface area contributed by atoms with Crippen LogP contribution in [0.15, 0.2) is 119 Å². The lowest BCUT2D eigenvalue weighted by atomic mass is 10.0. The zero-order valence-corrected chi connectivity index (χ0v) is 27.8. The third-order valence-electron chi connectivity index (χ3n) is 7.01. The predicted octanol–water partition coefficient (Wildman–Crippen LogP) is 6.51. The van der Waals surface area contributed by atoms with Crippen LogP contribution >= 0.6 is 15.9 Å². The SMILES string of the molecule is Cc1ccccc1N(CC(=O)N(Cc1cccc(Br)c1)[C@@H](Cc1ccccc1)C(=O)NC(C)(C)C)S(=O)(=O)c1ccccc1. The van der Waals surface area contributed by atoms with E-state index in [-0.39, 0.29) is 23.8 Å². The number of hydrogen-bond acceptors (Lipinski definition) is 4. The summed E-state index contributed by atoms with van der Waals surface area (Å²) in [6.07, 6.45) is 0.248. The summed E-state index contributed by atoms with van der Waals surface area (Å²) in [5.41, 5.74) is 2.21. The van der Waals surface area contributed by atoms with Crippen molar-refractivity contribution < 1.29 is 18.0 Å². The van der Waals surface area contributed by atoms with E-state index < -0.39 is 34.1 Å². The van der Waals surface area contributed by atoms with Crippen LogP contribution in [-0.4, -0.2) is 43.3 Å². The summed E-state index contributed by atoms with van der Waals surface area (Å²) in [6, 6.07) is 31.2. The minimum atomic E-state index is -4.14. The smallest absolute Gasteiger partial charge is 0.264 e. The summed E-state index contributed by atoms with van der Waals surface area (Å²) in [4.78, 5) is 30.1. The lowest BCUT2D eigenvalue weighted by Gasteiger charge is -2.35. The molecular weight excluding hydrogens is 638 g/mol. The summed E-state index contributed by atoms with van der Waals surface area (Å²) in [7, 11) is -4.14. The van der Waals surface area contributed by atoms with Crippen molar-refractivity contribution in [3.8, 4) is 0 Å². The maximum absolute atomic E-state index is 14.5. The molecule has 2 amide bonds. The van der Waals surface area contributed by atoms with Crippen LogP contribution in [0.5, 0.6) is 0 Å². The van der Waals surface area contributed by atoms with Gasteiger partial charge in [0.15, 0.2) is 0 Å². The molecule has 0 saturated heterocycles. The highest BCUT2D eigenvalue weighted by Gasteiger charge is 2.36. The van der Waals surface area contributed by atoms with Crippen LogP contribution in [0.3, 0.4) is 0 Å². The molecule has 0 spiro atoms. The van der Waals surface area contributed by atoms with E-state index in [1.165, 1.54) is 17.0 Å².